The number of piperazine rings is 1. The molecule has 2 heterocycles. The third-order valence-electron chi connectivity index (χ3n) is 4.93. The zero-order valence-electron chi connectivity index (χ0n) is 15.5. The molecule has 6 heteroatoms. The van der Waals surface area contributed by atoms with E-state index in [-0.39, 0.29) is 11.8 Å². The second-order valence-electron chi connectivity index (χ2n) is 6.91. The summed E-state index contributed by atoms with van der Waals surface area (Å²) in [5, 5.41) is 7.20. The molecule has 1 aromatic heterocycles. The van der Waals surface area contributed by atoms with Gasteiger partial charge in [-0.2, -0.15) is 5.10 Å². The van der Waals surface area contributed by atoms with Crippen LogP contribution in [-0.4, -0.2) is 45.6 Å². The van der Waals surface area contributed by atoms with Crippen molar-refractivity contribution in [2.75, 3.05) is 13.1 Å². The normalized spacial score (nSPS) is 16.6. The Bertz CT molecular complexity index is 953. The lowest BCUT2D eigenvalue weighted by Gasteiger charge is -2.35. The highest BCUT2D eigenvalue weighted by molar-refractivity contribution is 5.98. The molecule has 142 valence electrons. The molecule has 0 bridgehead atoms. The summed E-state index contributed by atoms with van der Waals surface area (Å²) < 4.78 is 1.75. The Morgan fingerprint density at radius 3 is 2.43 bits per heavy atom. The van der Waals surface area contributed by atoms with Crippen LogP contribution in [0.25, 0.3) is 0 Å². The van der Waals surface area contributed by atoms with E-state index in [2.05, 4.69) is 10.4 Å². The molecule has 6 nitrogen and oxygen atoms in total. The van der Waals surface area contributed by atoms with Crippen molar-refractivity contribution in [2.24, 2.45) is 0 Å². The molecule has 2 amide bonds. The van der Waals surface area contributed by atoms with Crippen molar-refractivity contribution in [1.82, 2.24) is 20.0 Å². The quantitative estimate of drug-likeness (QED) is 0.744. The number of rotatable bonds is 5. The number of nitrogens with zero attached hydrogens (tertiary/aromatic N) is 3. The van der Waals surface area contributed by atoms with Gasteiger partial charge in [-0.3, -0.25) is 14.3 Å². The Morgan fingerprint density at radius 2 is 1.71 bits per heavy atom. The molecule has 28 heavy (non-hydrogen) atoms. The van der Waals surface area contributed by atoms with Crippen molar-refractivity contribution < 1.29 is 9.59 Å². The maximum Gasteiger partial charge on any atom is 0.257 e. The first-order valence-electron chi connectivity index (χ1n) is 9.40. The highest BCUT2D eigenvalue weighted by Crippen LogP contribution is 2.16. The van der Waals surface area contributed by atoms with E-state index in [0.29, 0.717) is 31.6 Å². The van der Waals surface area contributed by atoms with Crippen LogP contribution in [-0.2, 0) is 17.8 Å². The molecular formula is C22H22N4O2. The number of hydrogen-bond acceptors (Lipinski definition) is 3. The summed E-state index contributed by atoms with van der Waals surface area (Å²) >= 11 is 0. The van der Waals surface area contributed by atoms with Crippen molar-refractivity contribution in [1.29, 1.82) is 0 Å². The number of hydrogen-bond donors (Lipinski definition) is 1. The van der Waals surface area contributed by atoms with Crippen LogP contribution in [0.5, 0.6) is 0 Å². The molecular weight excluding hydrogens is 352 g/mol. The van der Waals surface area contributed by atoms with E-state index in [1.54, 1.807) is 22.0 Å². The minimum Gasteiger partial charge on any atom is -0.353 e. The van der Waals surface area contributed by atoms with Crippen molar-refractivity contribution in [2.45, 2.75) is 19.0 Å². The van der Waals surface area contributed by atoms with Crippen LogP contribution in [0.3, 0.4) is 0 Å². The van der Waals surface area contributed by atoms with Gasteiger partial charge < -0.3 is 10.2 Å². The van der Waals surface area contributed by atoms with Gasteiger partial charge in [0.2, 0.25) is 5.91 Å². The predicted octanol–water partition coefficient (Wildman–Crippen LogP) is 2.11. The van der Waals surface area contributed by atoms with Gasteiger partial charge in [0.1, 0.15) is 6.04 Å². The second kappa shape index (κ2) is 8.08. The average molecular weight is 374 g/mol. The lowest BCUT2D eigenvalue weighted by molar-refractivity contribution is -0.127. The molecule has 0 spiro atoms. The van der Waals surface area contributed by atoms with Crippen LogP contribution >= 0.6 is 0 Å². The van der Waals surface area contributed by atoms with Gasteiger partial charge in [0.15, 0.2) is 0 Å². The standard InChI is InChI=1S/C22H22N4O2/c27-21-20(13-17-7-3-1-4-8-17)26(12-11-23-21)22(28)19-14-24-25(16-19)15-18-9-5-2-6-10-18/h1-10,14,16,20H,11-13,15H2,(H,23,27)/t20-/m1/s1. The Hall–Kier alpha value is -3.41. The summed E-state index contributed by atoms with van der Waals surface area (Å²) in [6.45, 7) is 1.56. The van der Waals surface area contributed by atoms with Gasteiger partial charge in [0, 0.05) is 25.7 Å². The van der Waals surface area contributed by atoms with Gasteiger partial charge in [0.05, 0.1) is 18.3 Å². The fourth-order valence-electron chi connectivity index (χ4n) is 3.49. The Labute approximate surface area is 163 Å². The fourth-order valence-corrected chi connectivity index (χ4v) is 3.49. The second-order valence-corrected chi connectivity index (χ2v) is 6.91. The van der Waals surface area contributed by atoms with Crippen LogP contribution in [0, 0.1) is 0 Å². The molecule has 1 atom stereocenters. The molecule has 4 rings (SSSR count). The third kappa shape index (κ3) is 3.96. The van der Waals surface area contributed by atoms with Crippen LogP contribution in [0.4, 0.5) is 0 Å². The zero-order chi connectivity index (χ0) is 19.3. The van der Waals surface area contributed by atoms with Crippen molar-refractivity contribution in [3.05, 3.63) is 89.7 Å². The lowest BCUT2D eigenvalue weighted by atomic mass is 10.0. The molecule has 3 aromatic rings. The number of aromatic nitrogens is 2. The maximum atomic E-state index is 13.1. The SMILES string of the molecule is O=C1NCCN(C(=O)c2cnn(Cc3ccccc3)c2)[C@@H]1Cc1ccccc1. The van der Waals surface area contributed by atoms with Gasteiger partial charge in [-0.25, -0.2) is 0 Å². The molecule has 2 aromatic carbocycles. The summed E-state index contributed by atoms with van der Waals surface area (Å²) in [6, 6.07) is 19.2. The lowest BCUT2D eigenvalue weighted by Crippen LogP contribution is -2.58. The monoisotopic (exact) mass is 374 g/mol. The third-order valence-corrected chi connectivity index (χ3v) is 4.93. The first kappa shape index (κ1) is 18.0. The van der Waals surface area contributed by atoms with Crippen molar-refractivity contribution >= 4 is 11.8 Å². The number of amides is 2. The minimum atomic E-state index is -0.513. The molecule has 1 aliphatic rings. The number of nitrogens with one attached hydrogen (secondary N) is 1. The Morgan fingerprint density at radius 1 is 1.04 bits per heavy atom. The number of carbonyl (C=O) groups is 2. The largest absolute Gasteiger partial charge is 0.353 e. The summed E-state index contributed by atoms with van der Waals surface area (Å²) in [7, 11) is 0. The summed E-state index contributed by atoms with van der Waals surface area (Å²) in [4.78, 5) is 27.2. The maximum absolute atomic E-state index is 13.1. The van der Waals surface area contributed by atoms with Gasteiger partial charge in [-0.05, 0) is 11.1 Å². The number of carbonyl (C=O) groups excluding carboxylic acids is 2. The molecule has 1 saturated heterocycles. The summed E-state index contributed by atoms with van der Waals surface area (Å²) in [5.41, 5.74) is 2.65. The predicted molar refractivity (Wildman–Crippen MR) is 106 cm³/mol. The molecule has 1 N–H and O–H groups in total. The van der Waals surface area contributed by atoms with Gasteiger partial charge in [-0.1, -0.05) is 60.7 Å². The van der Waals surface area contributed by atoms with Gasteiger partial charge in [-0.15, -0.1) is 0 Å². The smallest absolute Gasteiger partial charge is 0.257 e. The van der Waals surface area contributed by atoms with E-state index < -0.39 is 6.04 Å². The molecule has 1 aliphatic heterocycles. The first-order valence-corrected chi connectivity index (χ1v) is 9.40. The highest BCUT2D eigenvalue weighted by atomic mass is 16.2. The van der Waals surface area contributed by atoms with Crippen molar-refractivity contribution in [3.63, 3.8) is 0 Å². The molecule has 1 fully saturated rings. The van der Waals surface area contributed by atoms with E-state index in [9.17, 15) is 9.59 Å². The summed E-state index contributed by atoms with van der Waals surface area (Å²) in [6.07, 6.45) is 3.83. The first-order chi connectivity index (χ1) is 13.7. The van der Waals surface area contributed by atoms with Gasteiger partial charge in [0.25, 0.3) is 5.91 Å². The van der Waals surface area contributed by atoms with E-state index in [1.165, 1.54) is 0 Å². The molecule has 0 radical (unpaired) electrons. The van der Waals surface area contributed by atoms with Crippen LogP contribution < -0.4 is 5.32 Å². The van der Waals surface area contributed by atoms with Crippen LogP contribution in [0.15, 0.2) is 73.1 Å². The van der Waals surface area contributed by atoms with E-state index in [0.717, 1.165) is 11.1 Å². The Balaban J connectivity index is 1.51. The fraction of sp³-hybridized carbons (Fsp3) is 0.227. The molecule has 0 aliphatic carbocycles. The molecule has 0 saturated carbocycles. The van der Waals surface area contributed by atoms with Crippen LogP contribution in [0.1, 0.15) is 21.5 Å². The van der Waals surface area contributed by atoms with Gasteiger partial charge >= 0.3 is 0 Å². The minimum absolute atomic E-state index is 0.111. The molecule has 0 unspecified atom stereocenters. The summed E-state index contributed by atoms with van der Waals surface area (Å²) in [5.74, 6) is -0.268. The highest BCUT2D eigenvalue weighted by Gasteiger charge is 2.34. The topological polar surface area (TPSA) is 67.2 Å². The van der Waals surface area contributed by atoms with E-state index in [4.69, 9.17) is 0 Å². The Kier molecular flexibility index (Phi) is 5.19. The number of benzene rings is 2. The van der Waals surface area contributed by atoms with E-state index in [1.807, 2.05) is 60.7 Å². The zero-order valence-corrected chi connectivity index (χ0v) is 15.5. The van der Waals surface area contributed by atoms with Crippen molar-refractivity contribution in [3.8, 4) is 0 Å². The average Bonchev–Trinajstić information content (AvgIpc) is 3.19. The van der Waals surface area contributed by atoms with E-state index >= 15 is 0 Å². The van der Waals surface area contributed by atoms with Crippen LogP contribution in [0.2, 0.25) is 0 Å².